The molecule has 1 aliphatic rings. The number of rotatable bonds is 10. The Hall–Kier alpha value is -3.31. The van der Waals surface area contributed by atoms with E-state index in [1.54, 1.807) is 7.11 Å². The molecule has 5 nitrogen and oxygen atoms in total. The molecular formula is C30H36N2O3. The van der Waals surface area contributed by atoms with E-state index in [0.29, 0.717) is 6.42 Å². The van der Waals surface area contributed by atoms with Crippen molar-refractivity contribution in [3.8, 4) is 11.5 Å². The van der Waals surface area contributed by atoms with E-state index in [9.17, 15) is 4.79 Å². The van der Waals surface area contributed by atoms with Crippen LogP contribution in [0.25, 0.3) is 0 Å². The zero-order valence-electron chi connectivity index (χ0n) is 20.9. The Bertz CT molecular complexity index is 1060. The number of nitrogens with two attached hydrogens (primary N) is 1. The molecule has 0 radical (unpaired) electrons. The zero-order chi connectivity index (χ0) is 24.9. The number of likely N-dealkylation sites (tertiary alicyclic amines) is 1. The molecule has 184 valence electrons. The van der Waals surface area contributed by atoms with Gasteiger partial charge in [0.15, 0.2) is 0 Å². The molecule has 0 bridgehead atoms. The molecule has 0 unspecified atom stereocenters. The molecule has 3 aromatic rings. The lowest BCUT2D eigenvalue weighted by molar-refractivity contribution is -0.122. The topological polar surface area (TPSA) is 64.8 Å². The Labute approximate surface area is 208 Å². The fraction of sp³-hybridized carbons (Fsp3) is 0.367. The minimum Gasteiger partial charge on any atom is -0.497 e. The molecule has 0 aliphatic carbocycles. The van der Waals surface area contributed by atoms with Gasteiger partial charge < -0.3 is 15.2 Å². The second-order valence-electron chi connectivity index (χ2n) is 9.96. The third kappa shape index (κ3) is 5.35. The van der Waals surface area contributed by atoms with Gasteiger partial charge in [0.05, 0.1) is 12.5 Å². The third-order valence-electron chi connectivity index (χ3n) is 7.43. The van der Waals surface area contributed by atoms with Crippen molar-refractivity contribution in [3.63, 3.8) is 0 Å². The van der Waals surface area contributed by atoms with Crippen LogP contribution in [0, 0.1) is 0 Å². The van der Waals surface area contributed by atoms with Crippen LogP contribution in [0.4, 0.5) is 0 Å². The summed E-state index contributed by atoms with van der Waals surface area (Å²) in [4.78, 5) is 15.6. The van der Waals surface area contributed by atoms with Crippen molar-refractivity contribution in [1.29, 1.82) is 0 Å². The molecule has 0 spiro atoms. The van der Waals surface area contributed by atoms with E-state index >= 15 is 0 Å². The number of hydrogen-bond acceptors (Lipinski definition) is 4. The number of amides is 1. The minimum absolute atomic E-state index is 0.123. The fourth-order valence-corrected chi connectivity index (χ4v) is 5.18. The first-order valence-corrected chi connectivity index (χ1v) is 12.3. The van der Waals surface area contributed by atoms with E-state index in [4.69, 9.17) is 15.2 Å². The number of benzene rings is 3. The number of nitrogens with zero attached hydrogens (tertiary/aromatic N) is 1. The largest absolute Gasteiger partial charge is 0.497 e. The molecule has 1 fully saturated rings. The lowest BCUT2D eigenvalue weighted by atomic mass is 9.69. The Kier molecular flexibility index (Phi) is 7.46. The van der Waals surface area contributed by atoms with E-state index in [-0.39, 0.29) is 17.6 Å². The van der Waals surface area contributed by atoms with Gasteiger partial charge in [-0.2, -0.15) is 0 Å². The Morgan fingerprint density at radius 2 is 1.43 bits per heavy atom. The van der Waals surface area contributed by atoms with Crippen LogP contribution in [0.15, 0.2) is 84.9 Å². The molecule has 1 atom stereocenters. The second kappa shape index (κ2) is 10.5. The summed E-state index contributed by atoms with van der Waals surface area (Å²) in [6, 6.07) is 27.6. The van der Waals surface area contributed by atoms with Crippen LogP contribution in [-0.4, -0.2) is 42.6 Å². The highest BCUT2D eigenvalue weighted by atomic mass is 16.5. The Balaban J connectivity index is 1.50. The minimum atomic E-state index is -0.876. The molecule has 0 saturated carbocycles. The molecule has 2 N–H and O–H groups in total. The molecule has 1 aliphatic heterocycles. The SMILES string of the molecule is COc1ccc(O[C@H]2CCN(C(C)(C)CCC(C(N)=O)(c3ccccc3)c3ccccc3)C2)cc1. The number of ether oxygens (including phenoxy) is 2. The van der Waals surface area contributed by atoms with Crippen LogP contribution < -0.4 is 15.2 Å². The van der Waals surface area contributed by atoms with Crippen molar-refractivity contribution in [3.05, 3.63) is 96.1 Å². The van der Waals surface area contributed by atoms with E-state index in [0.717, 1.165) is 48.6 Å². The molecule has 1 amide bonds. The van der Waals surface area contributed by atoms with Gasteiger partial charge in [0.1, 0.15) is 17.6 Å². The van der Waals surface area contributed by atoms with Crippen LogP contribution in [0.2, 0.25) is 0 Å². The van der Waals surface area contributed by atoms with Crippen LogP contribution >= 0.6 is 0 Å². The summed E-state index contributed by atoms with van der Waals surface area (Å²) in [5.74, 6) is 1.37. The summed E-state index contributed by atoms with van der Waals surface area (Å²) in [6.07, 6.45) is 2.54. The highest BCUT2D eigenvalue weighted by Crippen LogP contribution is 2.40. The van der Waals surface area contributed by atoms with Gasteiger partial charge in [0.2, 0.25) is 5.91 Å². The summed E-state index contributed by atoms with van der Waals surface area (Å²) >= 11 is 0. The van der Waals surface area contributed by atoms with Gasteiger partial charge in [0, 0.05) is 18.6 Å². The quantitative estimate of drug-likeness (QED) is 0.442. The van der Waals surface area contributed by atoms with Crippen molar-refractivity contribution in [2.24, 2.45) is 5.73 Å². The Morgan fingerprint density at radius 3 is 1.94 bits per heavy atom. The van der Waals surface area contributed by atoms with Crippen molar-refractivity contribution in [2.75, 3.05) is 20.2 Å². The molecule has 1 saturated heterocycles. The molecule has 0 aromatic heterocycles. The lowest BCUT2D eigenvalue weighted by Crippen LogP contribution is -2.47. The average molecular weight is 473 g/mol. The van der Waals surface area contributed by atoms with E-state index in [1.807, 2.05) is 84.9 Å². The van der Waals surface area contributed by atoms with E-state index < -0.39 is 5.41 Å². The first-order chi connectivity index (χ1) is 16.8. The maximum absolute atomic E-state index is 13.1. The zero-order valence-corrected chi connectivity index (χ0v) is 20.9. The molecule has 35 heavy (non-hydrogen) atoms. The average Bonchev–Trinajstić information content (AvgIpc) is 3.35. The predicted octanol–water partition coefficient (Wildman–Crippen LogP) is 5.18. The van der Waals surface area contributed by atoms with Crippen molar-refractivity contribution >= 4 is 5.91 Å². The maximum atomic E-state index is 13.1. The standard InChI is InChI=1S/C30H36N2O3/c1-29(2,32-21-18-27(22-32)35-26-16-14-25(34-3)15-17-26)19-20-30(28(31)33,23-10-6-4-7-11-23)24-12-8-5-9-13-24/h4-17,27H,18-22H2,1-3H3,(H2,31,33)/t27-/m0/s1. The van der Waals surface area contributed by atoms with Crippen molar-refractivity contribution < 1.29 is 14.3 Å². The van der Waals surface area contributed by atoms with Gasteiger partial charge in [-0.1, -0.05) is 60.7 Å². The molecule has 4 rings (SSSR count). The number of carbonyl (C=O) groups excluding carboxylic acids is 1. The molecule has 3 aromatic carbocycles. The molecule has 1 heterocycles. The van der Waals surface area contributed by atoms with E-state index in [1.165, 1.54) is 0 Å². The monoisotopic (exact) mass is 472 g/mol. The van der Waals surface area contributed by atoms with Crippen molar-refractivity contribution in [2.45, 2.75) is 50.2 Å². The van der Waals surface area contributed by atoms with Crippen LogP contribution in [0.5, 0.6) is 11.5 Å². The van der Waals surface area contributed by atoms with Gasteiger partial charge in [0.25, 0.3) is 0 Å². The number of methoxy groups -OCH3 is 1. The van der Waals surface area contributed by atoms with Gasteiger partial charge >= 0.3 is 0 Å². The number of carbonyl (C=O) groups is 1. The first-order valence-electron chi connectivity index (χ1n) is 12.3. The van der Waals surface area contributed by atoms with E-state index in [2.05, 4.69) is 18.7 Å². The van der Waals surface area contributed by atoms with Crippen LogP contribution in [-0.2, 0) is 10.2 Å². The summed E-state index contributed by atoms with van der Waals surface area (Å²) in [5, 5.41) is 0. The molecule has 5 heteroatoms. The smallest absolute Gasteiger partial charge is 0.232 e. The highest BCUT2D eigenvalue weighted by Gasteiger charge is 2.43. The number of hydrogen-bond donors (Lipinski definition) is 1. The van der Waals surface area contributed by atoms with Gasteiger partial charge in [-0.25, -0.2) is 0 Å². The predicted molar refractivity (Wildman–Crippen MR) is 140 cm³/mol. The van der Waals surface area contributed by atoms with Gasteiger partial charge in [-0.15, -0.1) is 0 Å². The summed E-state index contributed by atoms with van der Waals surface area (Å²) in [6.45, 7) is 6.31. The first kappa shape index (κ1) is 24.8. The van der Waals surface area contributed by atoms with Gasteiger partial charge in [-0.05, 0) is 68.5 Å². The highest BCUT2D eigenvalue weighted by molar-refractivity contribution is 5.90. The van der Waals surface area contributed by atoms with Gasteiger partial charge in [-0.3, -0.25) is 9.69 Å². The van der Waals surface area contributed by atoms with Crippen LogP contribution in [0.1, 0.15) is 44.2 Å². The van der Waals surface area contributed by atoms with Crippen LogP contribution in [0.3, 0.4) is 0 Å². The summed E-state index contributed by atoms with van der Waals surface area (Å²) < 4.78 is 11.5. The fourth-order valence-electron chi connectivity index (χ4n) is 5.18. The Morgan fingerprint density at radius 1 is 0.886 bits per heavy atom. The second-order valence-corrected chi connectivity index (χ2v) is 9.96. The summed E-state index contributed by atoms with van der Waals surface area (Å²) in [5.41, 5.74) is 7.05. The normalized spacial score (nSPS) is 16.7. The molecular weight excluding hydrogens is 436 g/mol. The third-order valence-corrected chi connectivity index (χ3v) is 7.43. The maximum Gasteiger partial charge on any atom is 0.232 e. The lowest BCUT2D eigenvalue weighted by Gasteiger charge is -2.40. The summed E-state index contributed by atoms with van der Waals surface area (Å²) in [7, 11) is 1.66. The number of primary amides is 1. The van der Waals surface area contributed by atoms with Crippen molar-refractivity contribution in [1.82, 2.24) is 4.90 Å².